The van der Waals surface area contributed by atoms with Gasteiger partial charge < -0.3 is 5.32 Å². The van der Waals surface area contributed by atoms with E-state index in [1.807, 2.05) is 0 Å². The van der Waals surface area contributed by atoms with Crippen molar-refractivity contribution in [3.05, 3.63) is 29.8 Å². The number of hydrogen-bond donors (Lipinski definition) is 1. The van der Waals surface area contributed by atoms with Crippen LogP contribution in [0.2, 0.25) is 0 Å². The molecule has 3 heteroatoms. The Hall–Kier alpha value is -0.960. The zero-order valence-electron chi connectivity index (χ0n) is 6.05. The van der Waals surface area contributed by atoms with Crippen molar-refractivity contribution in [1.82, 2.24) is 10.3 Å². The van der Waals surface area contributed by atoms with Crippen molar-refractivity contribution in [2.75, 3.05) is 6.54 Å². The SMILES string of the molecule is Fc1cccnc1[C@@H]1CCN1. The molecule has 2 rings (SSSR count). The second-order valence-corrected chi connectivity index (χ2v) is 2.67. The van der Waals surface area contributed by atoms with Gasteiger partial charge in [0.15, 0.2) is 0 Å². The molecule has 1 N–H and O–H groups in total. The maximum atomic E-state index is 13.0. The van der Waals surface area contributed by atoms with Crippen molar-refractivity contribution in [2.45, 2.75) is 12.5 Å². The van der Waals surface area contributed by atoms with Crippen molar-refractivity contribution in [3.8, 4) is 0 Å². The standard InChI is InChI=1S/C8H9FN2/c9-6-2-1-4-11-8(6)7-3-5-10-7/h1-2,4,7,10H,3,5H2/t7-/m0/s1. The van der Waals surface area contributed by atoms with E-state index in [-0.39, 0.29) is 11.9 Å². The van der Waals surface area contributed by atoms with E-state index in [1.54, 1.807) is 12.3 Å². The van der Waals surface area contributed by atoms with Crippen LogP contribution in [0.25, 0.3) is 0 Å². The molecule has 2 nitrogen and oxygen atoms in total. The fourth-order valence-corrected chi connectivity index (χ4v) is 1.18. The van der Waals surface area contributed by atoms with Crippen molar-refractivity contribution in [3.63, 3.8) is 0 Å². The largest absolute Gasteiger partial charge is 0.308 e. The molecule has 11 heavy (non-hydrogen) atoms. The lowest BCUT2D eigenvalue weighted by molar-refractivity contribution is 0.361. The molecule has 1 aliphatic rings. The van der Waals surface area contributed by atoms with Crippen LogP contribution in [0.3, 0.4) is 0 Å². The number of rotatable bonds is 1. The summed E-state index contributed by atoms with van der Waals surface area (Å²) in [6.07, 6.45) is 2.62. The molecule has 0 amide bonds. The Balaban J connectivity index is 2.28. The molecule has 1 aromatic heterocycles. The highest BCUT2D eigenvalue weighted by molar-refractivity contribution is 5.13. The predicted molar refractivity (Wildman–Crippen MR) is 39.6 cm³/mol. The van der Waals surface area contributed by atoms with Gasteiger partial charge in [-0.2, -0.15) is 0 Å². The molecule has 1 saturated heterocycles. The van der Waals surface area contributed by atoms with Crippen LogP contribution < -0.4 is 5.32 Å². The summed E-state index contributed by atoms with van der Waals surface area (Å²) in [7, 11) is 0. The van der Waals surface area contributed by atoms with Crippen LogP contribution >= 0.6 is 0 Å². The maximum absolute atomic E-state index is 13.0. The number of aromatic nitrogens is 1. The van der Waals surface area contributed by atoms with Gasteiger partial charge in [0, 0.05) is 6.20 Å². The number of halogens is 1. The fourth-order valence-electron chi connectivity index (χ4n) is 1.18. The molecule has 1 aromatic rings. The number of nitrogens with one attached hydrogen (secondary N) is 1. The second kappa shape index (κ2) is 2.58. The summed E-state index contributed by atoms with van der Waals surface area (Å²) in [5.74, 6) is -0.204. The van der Waals surface area contributed by atoms with Gasteiger partial charge in [0.1, 0.15) is 5.82 Å². The van der Waals surface area contributed by atoms with E-state index in [0.29, 0.717) is 5.69 Å². The Kier molecular flexibility index (Phi) is 1.58. The maximum Gasteiger partial charge on any atom is 0.146 e. The van der Waals surface area contributed by atoms with Crippen LogP contribution in [0, 0.1) is 5.82 Å². The van der Waals surface area contributed by atoms with Crippen LogP contribution in [-0.2, 0) is 0 Å². The van der Waals surface area contributed by atoms with Crippen LogP contribution in [0.5, 0.6) is 0 Å². The quantitative estimate of drug-likeness (QED) is 0.655. The number of hydrogen-bond acceptors (Lipinski definition) is 2. The predicted octanol–water partition coefficient (Wildman–Crippen LogP) is 1.26. The first kappa shape index (κ1) is 6.73. The monoisotopic (exact) mass is 152 g/mol. The normalized spacial score (nSPS) is 22.8. The highest BCUT2D eigenvalue weighted by Gasteiger charge is 2.22. The summed E-state index contributed by atoms with van der Waals surface area (Å²) in [6, 6.07) is 3.20. The zero-order chi connectivity index (χ0) is 7.68. The van der Waals surface area contributed by atoms with Gasteiger partial charge in [-0.15, -0.1) is 0 Å². The van der Waals surface area contributed by atoms with Gasteiger partial charge in [0.05, 0.1) is 11.7 Å². The average Bonchev–Trinajstić information content (AvgIpc) is 1.90. The summed E-state index contributed by atoms with van der Waals surface area (Å²) >= 11 is 0. The Morgan fingerprint density at radius 3 is 3.00 bits per heavy atom. The molecular weight excluding hydrogens is 143 g/mol. The zero-order valence-corrected chi connectivity index (χ0v) is 6.05. The van der Waals surface area contributed by atoms with E-state index in [2.05, 4.69) is 10.3 Å². The molecule has 2 heterocycles. The lowest BCUT2D eigenvalue weighted by Gasteiger charge is -2.26. The third-order valence-electron chi connectivity index (χ3n) is 1.94. The van der Waals surface area contributed by atoms with Gasteiger partial charge in [-0.05, 0) is 25.1 Å². The Labute approximate surface area is 64.5 Å². The minimum Gasteiger partial charge on any atom is -0.308 e. The fraction of sp³-hybridized carbons (Fsp3) is 0.375. The summed E-state index contributed by atoms with van der Waals surface area (Å²) in [4.78, 5) is 3.96. The smallest absolute Gasteiger partial charge is 0.146 e. The highest BCUT2D eigenvalue weighted by atomic mass is 19.1. The van der Waals surface area contributed by atoms with E-state index in [4.69, 9.17) is 0 Å². The van der Waals surface area contributed by atoms with Gasteiger partial charge in [-0.25, -0.2) is 4.39 Å². The highest BCUT2D eigenvalue weighted by Crippen LogP contribution is 2.22. The molecule has 0 aliphatic carbocycles. The minimum absolute atomic E-state index is 0.149. The van der Waals surface area contributed by atoms with E-state index >= 15 is 0 Å². The van der Waals surface area contributed by atoms with Gasteiger partial charge in [0.2, 0.25) is 0 Å². The van der Waals surface area contributed by atoms with E-state index < -0.39 is 0 Å². The Morgan fingerprint density at radius 2 is 2.45 bits per heavy atom. The summed E-state index contributed by atoms with van der Waals surface area (Å²) in [5.41, 5.74) is 0.554. The molecule has 0 saturated carbocycles. The number of nitrogens with zero attached hydrogens (tertiary/aromatic N) is 1. The Bertz CT molecular complexity index is 258. The minimum atomic E-state index is -0.204. The Morgan fingerprint density at radius 1 is 1.64 bits per heavy atom. The molecule has 0 aromatic carbocycles. The molecule has 0 bridgehead atoms. The first-order chi connectivity index (χ1) is 5.38. The second-order valence-electron chi connectivity index (χ2n) is 2.67. The molecular formula is C8H9FN2. The van der Waals surface area contributed by atoms with Gasteiger partial charge >= 0.3 is 0 Å². The molecule has 1 fully saturated rings. The van der Waals surface area contributed by atoms with E-state index in [1.165, 1.54) is 6.07 Å². The lowest BCUT2D eigenvalue weighted by atomic mass is 10.0. The lowest BCUT2D eigenvalue weighted by Crippen LogP contribution is -2.36. The first-order valence-corrected chi connectivity index (χ1v) is 3.72. The number of pyridine rings is 1. The molecule has 1 atom stereocenters. The summed E-state index contributed by atoms with van der Waals surface area (Å²) in [5, 5.41) is 3.10. The van der Waals surface area contributed by atoms with Gasteiger partial charge in [0.25, 0.3) is 0 Å². The van der Waals surface area contributed by atoms with Crippen molar-refractivity contribution < 1.29 is 4.39 Å². The van der Waals surface area contributed by atoms with Crippen LogP contribution in [0.1, 0.15) is 18.2 Å². The topological polar surface area (TPSA) is 24.9 Å². The first-order valence-electron chi connectivity index (χ1n) is 3.72. The molecule has 0 radical (unpaired) electrons. The molecule has 58 valence electrons. The molecule has 0 spiro atoms. The van der Waals surface area contributed by atoms with E-state index in [0.717, 1.165) is 13.0 Å². The van der Waals surface area contributed by atoms with Crippen LogP contribution in [0.15, 0.2) is 18.3 Å². The van der Waals surface area contributed by atoms with Crippen molar-refractivity contribution in [1.29, 1.82) is 0 Å². The third-order valence-corrected chi connectivity index (χ3v) is 1.94. The van der Waals surface area contributed by atoms with Crippen LogP contribution in [-0.4, -0.2) is 11.5 Å². The van der Waals surface area contributed by atoms with Gasteiger partial charge in [-0.1, -0.05) is 0 Å². The summed E-state index contributed by atoms with van der Waals surface area (Å²) < 4.78 is 13.0. The summed E-state index contributed by atoms with van der Waals surface area (Å²) in [6.45, 7) is 0.973. The van der Waals surface area contributed by atoms with Crippen molar-refractivity contribution >= 4 is 0 Å². The average molecular weight is 152 g/mol. The van der Waals surface area contributed by atoms with Crippen molar-refractivity contribution in [2.24, 2.45) is 0 Å². The van der Waals surface area contributed by atoms with Crippen LogP contribution in [0.4, 0.5) is 4.39 Å². The van der Waals surface area contributed by atoms with Gasteiger partial charge in [-0.3, -0.25) is 4.98 Å². The molecule has 1 aliphatic heterocycles. The molecule has 0 unspecified atom stereocenters. The van der Waals surface area contributed by atoms with E-state index in [9.17, 15) is 4.39 Å². The third kappa shape index (κ3) is 1.12.